The van der Waals surface area contributed by atoms with Crippen LogP contribution < -0.4 is 0 Å². The standard InChI is InChI=1S/C11H11N3O3/c15-11(16)7-3-1-5-14-10(7)12-9(13-14)8-4-2-6-17-8/h1,3,5,8H,2,4,6H2,(H,15,16). The highest BCUT2D eigenvalue weighted by atomic mass is 16.5. The number of carbonyl (C=O) groups is 1. The van der Waals surface area contributed by atoms with Gasteiger partial charge in [-0.2, -0.15) is 0 Å². The third kappa shape index (κ3) is 1.66. The number of aromatic carboxylic acids is 1. The summed E-state index contributed by atoms with van der Waals surface area (Å²) in [4.78, 5) is 15.3. The zero-order chi connectivity index (χ0) is 11.8. The van der Waals surface area contributed by atoms with Crippen LogP contribution in [-0.4, -0.2) is 32.3 Å². The van der Waals surface area contributed by atoms with Gasteiger partial charge in [0.1, 0.15) is 11.7 Å². The van der Waals surface area contributed by atoms with Crippen LogP contribution >= 0.6 is 0 Å². The molecule has 0 bridgehead atoms. The first kappa shape index (κ1) is 10.2. The van der Waals surface area contributed by atoms with E-state index in [1.54, 1.807) is 12.3 Å². The first-order valence-corrected chi connectivity index (χ1v) is 5.46. The molecule has 0 spiro atoms. The molecule has 2 aromatic rings. The van der Waals surface area contributed by atoms with Gasteiger partial charge in [-0.05, 0) is 25.0 Å². The van der Waals surface area contributed by atoms with Crippen LogP contribution in [0.3, 0.4) is 0 Å². The molecule has 1 aliphatic rings. The Morgan fingerprint density at radius 1 is 1.59 bits per heavy atom. The Kier molecular flexibility index (Phi) is 2.29. The summed E-state index contributed by atoms with van der Waals surface area (Å²) < 4.78 is 6.97. The molecule has 1 atom stereocenters. The average Bonchev–Trinajstić information content (AvgIpc) is 2.96. The fourth-order valence-corrected chi connectivity index (χ4v) is 2.01. The van der Waals surface area contributed by atoms with E-state index in [1.165, 1.54) is 10.6 Å². The molecule has 0 radical (unpaired) electrons. The van der Waals surface area contributed by atoms with Crippen molar-refractivity contribution in [1.82, 2.24) is 14.6 Å². The van der Waals surface area contributed by atoms with Gasteiger partial charge in [0.15, 0.2) is 11.5 Å². The van der Waals surface area contributed by atoms with Crippen LogP contribution in [0.4, 0.5) is 0 Å². The monoisotopic (exact) mass is 233 g/mol. The summed E-state index contributed by atoms with van der Waals surface area (Å²) in [6.07, 6.45) is 3.47. The molecule has 1 saturated heterocycles. The number of pyridine rings is 1. The van der Waals surface area contributed by atoms with Crippen molar-refractivity contribution in [2.75, 3.05) is 6.61 Å². The van der Waals surface area contributed by atoms with Crippen molar-refractivity contribution < 1.29 is 14.6 Å². The minimum absolute atomic E-state index is 0.100. The van der Waals surface area contributed by atoms with E-state index in [1.807, 2.05) is 0 Å². The van der Waals surface area contributed by atoms with Crippen molar-refractivity contribution in [2.24, 2.45) is 0 Å². The molecule has 6 nitrogen and oxygen atoms in total. The molecule has 2 aromatic heterocycles. The van der Waals surface area contributed by atoms with Gasteiger partial charge in [-0.15, -0.1) is 5.10 Å². The van der Waals surface area contributed by atoms with Crippen molar-refractivity contribution in [2.45, 2.75) is 18.9 Å². The van der Waals surface area contributed by atoms with Gasteiger partial charge in [-0.3, -0.25) is 0 Å². The Bertz CT molecular complexity index is 572. The van der Waals surface area contributed by atoms with Crippen LogP contribution in [0.15, 0.2) is 18.3 Å². The number of fused-ring (bicyclic) bond motifs is 1. The zero-order valence-corrected chi connectivity index (χ0v) is 9.04. The van der Waals surface area contributed by atoms with E-state index in [0.29, 0.717) is 18.1 Å². The van der Waals surface area contributed by atoms with E-state index in [4.69, 9.17) is 9.84 Å². The lowest BCUT2D eigenvalue weighted by atomic mass is 10.2. The van der Waals surface area contributed by atoms with Crippen LogP contribution in [0.25, 0.3) is 5.65 Å². The normalized spacial score (nSPS) is 19.9. The molecule has 1 N–H and O–H groups in total. The third-order valence-corrected chi connectivity index (χ3v) is 2.83. The van der Waals surface area contributed by atoms with Gasteiger partial charge >= 0.3 is 5.97 Å². The van der Waals surface area contributed by atoms with E-state index in [-0.39, 0.29) is 11.7 Å². The summed E-state index contributed by atoms with van der Waals surface area (Å²) in [5.41, 5.74) is 0.523. The second kappa shape index (κ2) is 3.81. The van der Waals surface area contributed by atoms with Gasteiger partial charge in [0.2, 0.25) is 0 Å². The fourth-order valence-electron chi connectivity index (χ4n) is 2.01. The first-order chi connectivity index (χ1) is 8.25. The molecule has 17 heavy (non-hydrogen) atoms. The number of hydrogen-bond acceptors (Lipinski definition) is 4. The molecule has 3 rings (SSSR count). The Morgan fingerprint density at radius 2 is 2.47 bits per heavy atom. The predicted molar refractivity (Wildman–Crippen MR) is 57.9 cm³/mol. The quantitative estimate of drug-likeness (QED) is 0.845. The summed E-state index contributed by atoms with van der Waals surface area (Å²) in [6.45, 7) is 0.714. The Balaban J connectivity index is 2.11. The lowest BCUT2D eigenvalue weighted by Crippen LogP contribution is -2.00. The molecule has 3 heterocycles. The van der Waals surface area contributed by atoms with Crippen LogP contribution in [0, 0.1) is 0 Å². The zero-order valence-electron chi connectivity index (χ0n) is 9.04. The average molecular weight is 233 g/mol. The van der Waals surface area contributed by atoms with Crippen molar-refractivity contribution >= 4 is 11.6 Å². The van der Waals surface area contributed by atoms with Crippen LogP contribution in [0.2, 0.25) is 0 Å². The van der Waals surface area contributed by atoms with Crippen molar-refractivity contribution in [3.05, 3.63) is 29.7 Å². The maximum absolute atomic E-state index is 11.0. The van der Waals surface area contributed by atoms with Crippen molar-refractivity contribution in [1.29, 1.82) is 0 Å². The van der Waals surface area contributed by atoms with Crippen molar-refractivity contribution in [3.63, 3.8) is 0 Å². The summed E-state index contributed by atoms with van der Waals surface area (Å²) in [7, 11) is 0. The number of rotatable bonds is 2. The van der Waals surface area contributed by atoms with Gasteiger partial charge in [0.05, 0.1) is 0 Å². The molecule has 0 aliphatic carbocycles. The smallest absolute Gasteiger partial charge is 0.339 e. The second-order valence-electron chi connectivity index (χ2n) is 3.97. The molecule has 0 amide bonds. The number of hydrogen-bond donors (Lipinski definition) is 1. The van der Waals surface area contributed by atoms with Crippen LogP contribution in [0.1, 0.15) is 35.1 Å². The number of carboxylic acids is 1. The van der Waals surface area contributed by atoms with E-state index < -0.39 is 5.97 Å². The van der Waals surface area contributed by atoms with Crippen molar-refractivity contribution in [3.8, 4) is 0 Å². The van der Waals surface area contributed by atoms with Gasteiger partial charge in [-0.1, -0.05) is 0 Å². The van der Waals surface area contributed by atoms with Gasteiger partial charge < -0.3 is 9.84 Å². The lowest BCUT2D eigenvalue weighted by molar-refractivity contribution is 0.0698. The number of nitrogens with zero attached hydrogens (tertiary/aromatic N) is 3. The molecule has 1 fully saturated rings. The fraction of sp³-hybridized carbons (Fsp3) is 0.364. The summed E-state index contributed by atoms with van der Waals surface area (Å²) >= 11 is 0. The maximum Gasteiger partial charge on any atom is 0.339 e. The summed E-state index contributed by atoms with van der Waals surface area (Å²) in [6, 6.07) is 3.16. The van der Waals surface area contributed by atoms with E-state index >= 15 is 0 Å². The Labute approximate surface area is 96.8 Å². The van der Waals surface area contributed by atoms with E-state index in [0.717, 1.165) is 12.8 Å². The molecule has 6 heteroatoms. The Morgan fingerprint density at radius 3 is 3.18 bits per heavy atom. The van der Waals surface area contributed by atoms with Gasteiger partial charge in [-0.25, -0.2) is 14.3 Å². The van der Waals surface area contributed by atoms with Gasteiger partial charge in [0.25, 0.3) is 0 Å². The number of ether oxygens (including phenoxy) is 1. The molecule has 1 unspecified atom stereocenters. The van der Waals surface area contributed by atoms with Crippen LogP contribution in [0.5, 0.6) is 0 Å². The molecule has 0 aromatic carbocycles. The molecular weight excluding hydrogens is 222 g/mol. The number of carboxylic acid groups (broad SMARTS) is 1. The molecule has 88 valence electrons. The SMILES string of the molecule is O=C(O)c1cccn2nc(C3CCCO3)nc12. The molecular formula is C11H11N3O3. The molecule has 1 aliphatic heterocycles. The maximum atomic E-state index is 11.0. The topological polar surface area (TPSA) is 76.7 Å². The molecule has 0 saturated carbocycles. The largest absolute Gasteiger partial charge is 0.478 e. The second-order valence-corrected chi connectivity index (χ2v) is 3.97. The van der Waals surface area contributed by atoms with Gasteiger partial charge in [0, 0.05) is 12.8 Å². The highest BCUT2D eigenvalue weighted by Crippen LogP contribution is 2.26. The lowest BCUT2D eigenvalue weighted by Gasteiger charge is -2.01. The Hall–Kier alpha value is -1.95. The highest BCUT2D eigenvalue weighted by molar-refractivity contribution is 5.94. The number of aromatic nitrogens is 3. The van der Waals surface area contributed by atoms with Crippen LogP contribution in [-0.2, 0) is 4.74 Å². The minimum atomic E-state index is -0.998. The first-order valence-electron chi connectivity index (χ1n) is 5.46. The summed E-state index contributed by atoms with van der Waals surface area (Å²) in [5.74, 6) is -0.432. The van der Waals surface area contributed by atoms with E-state index in [2.05, 4.69) is 10.1 Å². The highest BCUT2D eigenvalue weighted by Gasteiger charge is 2.23. The third-order valence-electron chi connectivity index (χ3n) is 2.83. The minimum Gasteiger partial charge on any atom is -0.478 e. The predicted octanol–water partition coefficient (Wildman–Crippen LogP) is 1.28. The summed E-state index contributed by atoms with van der Waals surface area (Å²) in [5, 5.41) is 13.3. The van der Waals surface area contributed by atoms with E-state index in [9.17, 15) is 4.79 Å².